The summed E-state index contributed by atoms with van der Waals surface area (Å²) in [7, 11) is 3.16. The molecule has 3 rings (SSSR count). The van der Waals surface area contributed by atoms with Gasteiger partial charge in [-0.25, -0.2) is 15.0 Å². The number of aromatic nitrogens is 4. The van der Waals surface area contributed by atoms with Crippen LogP contribution in [0.2, 0.25) is 0 Å². The van der Waals surface area contributed by atoms with Gasteiger partial charge in [-0.1, -0.05) is 0 Å². The average molecular weight is 323 g/mol. The van der Waals surface area contributed by atoms with Crippen molar-refractivity contribution < 1.29 is 17.9 Å². The maximum Gasteiger partial charge on any atom is 0.451 e. The van der Waals surface area contributed by atoms with Crippen LogP contribution in [0.15, 0.2) is 30.5 Å². The van der Waals surface area contributed by atoms with Crippen LogP contribution in [0.1, 0.15) is 5.82 Å². The van der Waals surface area contributed by atoms with Gasteiger partial charge in [-0.15, -0.1) is 0 Å². The zero-order valence-corrected chi connectivity index (χ0v) is 12.2. The predicted molar refractivity (Wildman–Crippen MR) is 77.8 cm³/mol. The third-order valence-electron chi connectivity index (χ3n) is 3.21. The molecule has 6 nitrogen and oxygen atoms in total. The number of imidazole rings is 1. The Hall–Kier alpha value is -2.84. The number of benzene rings is 1. The molecule has 0 atom stereocenters. The van der Waals surface area contributed by atoms with E-state index in [0.717, 1.165) is 6.20 Å². The highest BCUT2D eigenvalue weighted by Gasteiger charge is 2.35. The molecule has 2 aromatic heterocycles. The lowest BCUT2D eigenvalue weighted by atomic mass is 10.3. The number of ether oxygens (including phenoxy) is 1. The van der Waals surface area contributed by atoms with Gasteiger partial charge in [-0.05, 0) is 24.3 Å². The van der Waals surface area contributed by atoms with Gasteiger partial charge in [0.2, 0.25) is 11.8 Å². The highest BCUT2D eigenvalue weighted by molar-refractivity contribution is 5.76. The molecule has 0 bridgehead atoms. The van der Waals surface area contributed by atoms with Gasteiger partial charge < -0.3 is 10.1 Å². The number of nitrogens with zero attached hydrogens (tertiary/aromatic N) is 4. The third-order valence-corrected chi connectivity index (χ3v) is 3.21. The first-order chi connectivity index (χ1) is 10.9. The van der Waals surface area contributed by atoms with Crippen molar-refractivity contribution in [1.29, 1.82) is 0 Å². The molecule has 0 saturated carbocycles. The Morgan fingerprint density at radius 2 is 1.83 bits per heavy atom. The van der Waals surface area contributed by atoms with E-state index in [9.17, 15) is 13.2 Å². The number of anilines is 1. The van der Waals surface area contributed by atoms with Gasteiger partial charge in [0.05, 0.1) is 19.0 Å². The highest BCUT2D eigenvalue weighted by Crippen LogP contribution is 2.29. The zero-order chi connectivity index (χ0) is 16.6. The first kappa shape index (κ1) is 15.1. The van der Waals surface area contributed by atoms with Crippen LogP contribution in [0.5, 0.6) is 5.75 Å². The largest absolute Gasteiger partial charge is 0.497 e. The Bertz CT molecular complexity index is 842. The summed E-state index contributed by atoms with van der Waals surface area (Å²) in [6.45, 7) is 0. The summed E-state index contributed by atoms with van der Waals surface area (Å²) in [5.41, 5.74) is 0.935. The average Bonchev–Trinajstić information content (AvgIpc) is 2.91. The summed E-state index contributed by atoms with van der Waals surface area (Å²) in [5, 5.41) is 2.84. The van der Waals surface area contributed by atoms with E-state index < -0.39 is 12.0 Å². The first-order valence-electron chi connectivity index (χ1n) is 6.59. The highest BCUT2D eigenvalue weighted by atomic mass is 19.4. The quantitative estimate of drug-likeness (QED) is 0.803. The van der Waals surface area contributed by atoms with Crippen LogP contribution in [-0.4, -0.2) is 33.7 Å². The van der Waals surface area contributed by atoms with E-state index in [4.69, 9.17) is 4.74 Å². The van der Waals surface area contributed by atoms with Crippen LogP contribution in [0, 0.1) is 0 Å². The fourth-order valence-corrected chi connectivity index (χ4v) is 2.15. The Labute approximate surface area is 129 Å². The zero-order valence-electron chi connectivity index (χ0n) is 12.2. The molecular formula is C14H12F3N5O. The molecule has 9 heteroatoms. The van der Waals surface area contributed by atoms with Gasteiger partial charge >= 0.3 is 6.18 Å². The van der Waals surface area contributed by atoms with Crippen molar-refractivity contribution in [2.45, 2.75) is 6.18 Å². The molecule has 3 aromatic rings. The summed E-state index contributed by atoms with van der Waals surface area (Å²) >= 11 is 0. The molecule has 0 spiro atoms. The second-order valence-corrected chi connectivity index (χ2v) is 4.62. The van der Waals surface area contributed by atoms with E-state index in [0.29, 0.717) is 17.4 Å². The second kappa shape index (κ2) is 5.41. The van der Waals surface area contributed by atoms with Crippen molar-refractivity contribution in [3.8, 4) is 11.4 Å². The number of hydrogen-bond donors (Lipinski definition) is 1. The molecule has 0 radical (unpaired) electrons. The van der Waals surface area contributed by atoms with Crippen LogP contribution >= 0.6 is 0 Å². The molecule has 1 N–H and O–H groups in total. The van der Waals surface area contributed by atoms with Gasteiger partial charge in [0.25, 0.3) is 0 Å². The van der Waals surface area contributed by atoms with Crippen LogP contribution < -0.4 is 10.1 Å². The second-order valence-electron chi connectivity index (χ2n) is 4.62. The maximum atomic E-state index is 12.9. The number of methoxy groups -OCH3 is 1. The summed E-state index contributed by atoms with van der Waals surface area (Å²) in [5.74, 6) is -0.212. The lowest BCUT2D eigenvalue weighted by molar-refractivity contribution is -0.144. The summed E-state index contributed by atoms with van der Waals surface area (Å²) in [6.07, 6.45) is -3.56. The number of rotatable bonds is 3. The molecule has 0 saturated heterocycles. The van der Waals surface area contributed by atoms with Crippen molar-refractivity contribution >= 4 is 17.1 Å². The predicted octanol–water partition coefficient (Wildman–Crippen LogP) is 2.88. The molecule has 2 heterocycles. The van der Waals surface area contributed by atoms with Crippen molar-refractivity contribution in [3.63, 3.8) is 0 Å². The number of fused-ring (bicyclic) bond motifs is 1. The molecule has 1 aromatic carbocycles. The van der Waals surface area contributed by atoms with Crippen molar-refractivity contribution in [2.75, 3.05) is 19.5 Å². The van der Waals surface area contributed by atoms with Gasteiger partial charge in [0.15, 0.2) is 5.65 Å². The van der Waals surface area contributed by atoms with Gasteiger partial charge in [0.1, 0.15) is 11.3 Å². The van der Waals surface area contributed by atoms with Gasteiger partial charge in [0, 0.05) is 7.05 Å². The molecule has 0 amide bonds. The fourth-order valence-electron chi connectivity index (χ4n) is 2.15. The Kier molecular flexibility index (Phi) is 3.55. The summed E-state index contributed by atoms with van der Waals surface area (Å²) < 4.78 is 45.1. The Balaban J connectivity index is 2.23. The lowest BCUT2D eigenvalue weighted by Gasteiger charge is -2.09. The SMILES string of the molecule is CNc1nc2cnc(C(F)(F)F)nc2n1-c1ccc(OC)cc1. The van der Waals surface area contributed by atoms with E-state index in [1.54, 1.807) is 31.3 Å². The minimum atomic E-state index is -4.62. The Morgan fingerprint density at radius 3 is 2.39 bits per heavy atom. The van der Waals surface area contributed by atoms with Crippen molar-refractivity contribution in [2.24, 2.45) is 0 Å². The van der Waals surface area contributed by atoms with E-state index in [1.807, 2.05) is 0 Å². The number of hydrogen-bond acceptors (Lipinski definition) is 5. The maximum absolute atomic E-state index is 12.9. The lowest BCUT2D eigenvalue weighted by Crippen LogP contribution is -2.11. The summed E-state index contributed by atoms with van der Waals surface area (Å²) in [4.78, 5) is 11.2. The van der Waals surface area contributed by atoms with E-state index in [2.05, 4.69) is 20.3 Å². The standard InChI is InChI=1S/C14H12F3N5O/c1-18-13-20-10-7-19-12(14(15,16)17)21-11(10)22(13)8-3-5-9(23-2)6-4-8/h3-7H,1-2H3,(H,18,20). The summed E-state index contributed by atoms with van der Waals surface area (Å²) in [6, 6.07) is 6.81. The van der Waals surface area contributed by atoms with Crippen LogP contribution in [0.4, 0.5) is 19.1 Å². The fraction of sp³-hybridized carbons (Fsp3) is 0.214. The third kappa shape index (κ3) is 2.65. The number of halogens is 3. The van der Waals surface area contributed by atoms with Crippen LogP contribution in [0.25, 0.3) is 16.9 Å². The van der Waals surface area contributed by atoms with E-state index >= 15 is 0 Å². The van der Waals surface area contributed by atoms with Crippen LogP contribution in [-0.2, 0) is 6.18 Å². The van der Waals surface area contributed by atoms with E-state index in [1.165, 1.54) is 11.7 Å². The monoisotopic (exact) mass is 323 g/mol. The first-order valence-corrected chi connectivity index (χ1v) is 6.59. The smallest absolute Gasteiger partial charge is 0.451 e. The normalized spacial score (nSPS) is 11.7. The molecule has 120 valence electrons. The number of nitrogens with one attached hydrogen (secondary N) is 1. The molecule has 0 aliphatic rings. The molecule has 0 unspecified atom stereocenters. The topological polar surface area (TPSA) is 64.9 Å². The minimum absolute atomic E-state index is 0.0711. The van der Waals surface area contributed by atoms with Gasteiger partial charge in [-0.2, -0.15) is 13.2 Å². The Morgan fingerprint density at radius 1 is 1.13 bits per heavy atom. The van der Waals surface area contributed by atoms with Gasteiger partial charge in [-0.3, -0.25) is 4.57 Å². The minimum Gasteiger partial charge on any atom is -0.497 e. The molecule has 0 aliphatic carbocycles. The molecule has 0 aliphatic heterocycles. The van der Waals surface area contributed by atoms with Crippen LogP contribution in [0.3, 0.4) is 0 Å². The van der Waals surface area contributed by atoms with Crippen molar-refractivity contribution in [1.82, 2.24) is 19.5 Å². The molecule has 0 fully saturated rings. The number of alkyl halides is 3. The van der Waals surface area contributed by atoms with E-state index in [-0.39, 0.29) is 11.2 Å². The molecular weight excluding hydrogens is 311 g/mol. The molecule has 23 heavy (non-hydrogen) atoms. The van der Waals surface area contributed by atoms with Crippen molar-refractivity contribution in [3.05, 3.63) is 36.3 Å².